The molecule has 1 saturated heterocycles. The summed E-state index contributed by atoms with van der Waals surface area (Å²) < 4.78 is 19.1. The zero-order valence-corrected chi connectivity index (χ0v) is 18.6. The van der Waals surface area contributed by atoms with Crippen molar-refractivity contribution < 1.29 is 9.13 Å². The molecule has 3 rings (SSSR count). The van der Waals surface area contributed by atoms with Crippen molar-refractivity contribution in [1.29, 1.82) is 0 Å². The highest BCUT2D eigenvalue weighted by Crippen LogP contribution is 2.21. The van der Waals surface area contributed by atoms with E-state index >= 15 is 0 Å². The van der Waals surface area contributed by atoms with E-state index in [4.69, 9.17) is 4.74 Å². The van der Waals surface area contributed by atoms with Crippen molar-refractivity contribution in [1.82, 2.24) is 25.2 Å². The van der Waals surface area contributed by atoms with E-state index in [1.165, 1.54) is 18.6 Å². The van der Waals surface area contributed by atoms with Gasteiger partial charge in [-0.25, -0.2) is 4.39 Å². The standard InChI is InChI=1S/C20H26FN5O.C3H8/c1-4-5-19(25(2)3)20-18(22-24-23-20)14-27-17-10-11-26(13-17)12-15-6-8-16(21)9-7-15;1-3-2/h4-9,17H,1,10-14H2,2-3H3,(H,22,23,24);3H2,1-2H3/b19-5-;. The lowest BCUT2D eigenvalue weighted by atomic mass is 10.2. The topological polar surface area (TPSA) is 57.3 Å². The molecule has 1 N–H and O–H groups in total. The number of halogens is 1. The fourth-order valence-corrected chi connectivity index (χ4v) is 3.23. The predicted molar refractivity (Wildman–Crippen MR) is 119 cm³/mol. The van der Waals surface area contributed by atoms with Crippen LogP contribution in [-0.2, 0) is 17.9 Å². The van der Waals surface area contributed by atoms with Crippen molar-refractivity contribution >= 4 is 5.70 Å². The number of benzene rings is 1. The number of likely N-dealkylation sites (tertiary alicyclic amines) is 1. The van der Waals surface area contributed by atoms with Gasteiger partial charge in [-0.1, -0.05) is 45.1 Å². The molecule has 164 valence electrons. The second kappa shape index (κ2) is 12.2. The van der Waals surface area contributed by atoms with Gasteiger partial charge in [-0.2, -0.15) is 15.4 Å². The van der Waals surface area contributed by atoms with E-state index < -0.39 is 0 Å². The van der Waals surface area contributed by atoms with E-state index in [9.17, 15) is 4.39 Å². The first kappa shape index (κ1) is 23.8. The zero-order chi connectivity index (χ0) is 21.9. The Balaban J connectivity index is 0.00000101. The normalized spacial score (nSPS) is 16.8. The molecule has 1 aromatic heterocycles. The van der Waals surface area contributed by atoms with Gasteiger partial charge in [-0.05, 0) is 30.2 Å². The van der Waals surface area contributed by atoms with Crippen LogP contribution in [0.25, 0.3) is 5.70 Å². The summed E-state index contributed by atoms with van der Waals surface area (Å²) in [5.41, 5.74) is 3.61. The fraction of sp³-hybridized carbons (Fsp3) is 0.478. The van der Waals surface area contributed by atoms with Gasteiger partial charge in [0, 0.05) is 33.7 Å². The van der Waals surface area contributed by atoms with Crippen LogP contribution >= 0.6 is 0 Å². The summed E-state index contributed by atoms with van der Waals surface area (Å²) in [5.74, 6) is -0.201. The number of nitrogens with zero attached hydrogens (tertiary/aromatic N) is 4. The number of allylic oxidation sites excluding steroid dienone is 2. The van der Waals surface area contributed by atoms with Gasteiger partial charge < -0.3 is 9.64 Å². The Morgan fingerprint density at radius 3 is 2.63 bits per heavy atom. The number of hydrogen-bond acceptors (Lipinski definition) is 5. The molecule has 0 radical (unpaired) electrons. The van der Waals surface area contributed by atoms with Gasteiger partial charge in [-0.15, -0.1) is 0 Å². The Morgan fingerprint density at radius 1 is 1.30 bits per heavy atom. The van der Waals surface area contributed by atoms with E-state index in [0.29, 0.717) is 6.61 Å². The summed E-state index contributed by atoms with van der Waals surface area (Å²) in [7, 11) is 3.91. The molecule has 1 unspecified atom stereocenters. The van der Waals surface area contributed by atoms with E-state index in [1.54, 1.807) is 6.08 Å². The molecule has 0 saturated carbocycles. The van der Waals surface area contributed by atoms with Gasteiger partial charge in [-0.3, -0.25) is 4.90 Å². The smallest absolute Gasteiger partial charge is 0.134 e. The summed E-state index contributed by atoms with van der Waals surface area (Å²) >= 11 is 0. The molecule has 6 nitrogen and oxygen atoms in total. The molecule has 1 atom stereocenters. The average molecular weight is 416 g/mol. The van der Waals surface area contributed by atoms with Gasteiger partial charge in [0.2, 0.25) is 0 Å². The van der Waals surface area contributed by atoms with E-state index in [1.807, 2.05) is 37.2 Å². The van der Waals surface area contributed by atoms with Gasteiger partial charge >= 0.3 is 0 Å². The minimum Gasteiger partial charge on any atom is -0.376 e. The minimum atomic E-state index is -0.201. The number of H-pyrrole nitrogens is 1. The second-order valence-electron chi connectivity index (χ2n) is 7.59. The van der Waals surface area contributed by atoms with Crippen LogP contribution in [0.15, 0.2) is 43.0 Å². The van der Waals surface area contributed by atoms with Gasteiger partial charge in [0.05, 0.1) is 18.4 Å². The molecule has 0 aliphatic carbocycles. The van der Waals surface area contributed by atoms with Crippen LogP contribution in [0, 0.1) is 5.82 Å². The molecule has 1 aromatic carbocycles. The Kier molecular flexibility index (Phi) is 9.70. The van der Waals surface area contributed by atoms with Crippen molar-refractivity contribution in [2.24, 2.45) is 0 Å². The van der Waals surface area contributed by atoms with Crippen molar-refractivity contribution in [3.8, 4) is 0 Å². The van der Waals surface area contributed by atoms with Crippen molar-refractivity contribution in [3.05, 3.63) is 65.8 Å². The van der Waals surface area contributed by atoms with E-state index in [0.717, 1.165) is 48.7 Å². The number of nitrogens with one attached hydrogen (secondary N) is 1. The lowest BCUT2D eigenvalue weighted by molar-refractivity contribution is 0.0441. The number of ether oxygens (including phenoxy) is 1. The molecule has 0 amide bonds. The molecule has 2 heterocycles. The van der Waals surface area contributed by atoms with Gasteiger partial charge in [0.1, 0.15) is 17.2 Å². The maximum absolute atomic E-state index is 13.0. The third-order valence-corrected chi connectivity index (χ3v) is 4.62. The summed E-state index contributed by atoms with van der Waals surface area (Å²) in [6.07, 6.45) is 6.01. The van der Waals surface area contributed by atoms with Crippen LogP contribution in [0.4, 0.5) is 4.39 Å². The summed E-state index contributed by atoms with van der Waals surface area (Å²) in [4.78, 5) is 4.30. The molecular weight excluding hydrogens is 381 g/mol. The summed E-state index contributed by atoms with van der Waals surface area (Å²) in [6.45, 7) is 11.0. The van der Waals surface area contributed by atoms with Crippen molar-refractivity contribution in [2.75, 3.05) is 27.2 Å². The molecule has 7 heteroatoms. The monoisotopic (exact) mass is 415 g/mol. The zero-order valence-electron chi connectivity index (χ0n) is 18.6. The van der Waals surface area contributed by atoms with Crippen molar-refractivity contribution in [3.63, 3.8) is 0 Å². The first-order chi connectivity index (χ1) is 14.5. The molecule has 0 bridgehead atoms. The average Bonchev–Trinajstić information content (AvgIpc) is 3.36. The molecular formula is C23H34FN5O. The van der Waals surface area contributed by atoms with Crippen LogP contribution in [-0.4, -0.2) is 58.5 Å². The van der Waals surface area contributed by atoms with Crippen molar-refractivity contribution in [2.45, 2.75) is 45.9 Å². The van der Waals surface area contributed by atoms with Crippen LogP contribution in [0.2, 0.25) is 0 Å². The lowest BCUT2D eigenvalue weighted by Gasteiger charge is -2.17. The van der Waals surface area contributed by atoms with E-state index in [-0.39, 0.29) is 11.9 Å². The van der Waals surface area contributed by atoms with E-state index in [2.05, 4.69) is 40.7 Å². The maximum atomic E-state index is 13.0. The third kappa shape index (κ3) is 7.07. The van der Waals surface area contributed by atoms with Crippen LogP contribution in [0.3, 0.4) is 0 Å². The number of aromatic nitrogens is 3. The summed E-state index contributed by atoms with van der Waals surface area (Å²) in [6, 6.07) is 6.68. The molecule has 30 heavy (non-hydrogen) atoms. The first-order valence-electron chi connectivity index (χ1n) is 10.5. The molecule has 0 spiro atoms. The Hall–Kier alpha value is -2.51. The van der Waals surface area contributed by atoms with Crippen LogP contribution < -0.4 is 0 Å². The number of hydrogen-bond donors (Lipinski definition) is 1. The molecule has 1 fully saturated rings. The highest BCUT2D eigenvalue weighted by Gasteiger charge is 2.24. The van der Waals surface area contributed by atoms with Crippen LogP contribution in [0.1, 0.15) is 43.6 Å². The Morgan fingerprint density at radius 2 is 2.00 bits per heavy atom. The quantitative estimate of drug-likeness (QED) is 0.654. The number of rotatable bonds is 8. The highest BCUT2D eigenvalue weighted by atomic mass is 19.1. The third-order valence-electron chi connectivity index (χ3n) is 4.62. The maximum Gasteiger partial charge on any atom is 0.134 e. The summed E-state index contributed by atoms with van der Waals surface area (Å²) in [5, 5.41) is 11.2. The minimum absolute atomic E-state index is 0.154. The SMILES string of the molecule is C=C/C=C(/c1n[nH]nc1COC1CCN(Cc2ccc(F)cc2)C1)N(C)C.CCC. The molecule has 1 aliphatic heterocycles. The molecule has 2 aromatic rings. The molecule has 1 aliphatic rings. The largest absolute Gasteiger partial charge is 0.376 e. The highest BCUT2D eigenvalue weighted by molar-refractivity contribution is 5.63. The Bertz CT molecular complexity index is 800. The lowest BCUT2D eigenvalue weighted by Crippen LogP contribution is -2.23. The second-order valence-corrected chi connectivity index (χ2v) is 7.59. The first-order valence-corrected chi connectivity index (χ1v) is 10.5. The predicted octanol–water partition coefficient (Wildman–Crippen LogP) is 4.24. The van der Waals surface area contributed by atoms with Gasteiger partial charge in [0.15, 0.2) is 0 Å². The Labute approximate surface area is 179 Å². The fourth-order valence-electron chi connectivity index (χ4n) is 3.23. The number of aromatic amines is 1. The van der Waals surface area contributed by atoms with Crippen LogP contribution in [0.5, 0.6) is 0 Å². The van der Waals surface area contributed by atoms with Gasteiger partial charge in [0.25, 0.3) is 0 Å².